The summed E-state index contributed by atoms with van der Waals surface area (Å²) in [6.45, 7) is 3.79. The second-order valence-electron chi connectivity index (χ2n) is 4.43. The van der Waals surface area contributed by atoms with Crippen molar-refractivity contribution in [3.63, 3.8) is 0 Å². The van der Waals surface area contributed by atoms with Crippen LogP contribution in [0.5, 0.6) is 0 Å². The molecule has 0 fully saturated rings. The summed E-state index contributed by atoms with van der Waals surface area (Å²) in [5.74, 6) is 0.147. The normalized spacial score (nSPS) is 11.5. The maximum absolute atomic E-state index is 12.2. The van der Waals surface area contributed by atoms with Crippen LogP contribution < -0.4 is 0 Å². The summed E-state index contributed by atoms with van der Waals surface area (Å²) in [5, 5.41) is 0. The Morgan fingerprint density at radius 2 is 1.84 bits per heavy atom. The van der Waals surface area contributed by atoms with Gasteiger partial charge in [-0.05, 0) is 49.2 Å². The Morgan fingerprint density at radius 1 is 1.11 bits per heavy atom. The number of carbonyl (C=O) groups excluding carboxylic acids is 1. The van der Waals surface area contributed by atoms with E-state index in [-0.39, 0.29) is 22.2 Å². The average Bonchev–Trinajstić information content (AvgIpc) is 2.79. The van der Waals surface area contributed by atoms with Gasteiger partial charge in [0, 0.05) is 0 Å². The zero-order chi connectivity index (χ0) is 14.0. The van der Waals surface area contributed by atoms with Crippen molar-refractivity contribution in [3.05, 3.63) is 53.0 Å². The number of benzene rings is 1. The van der Waals surface area contributed by atoms with E-state index in [1.165, 1.54) is 12.1 Å². The summed E-state index contributed by atoms with van der Waals surface area (Å²) < 4.78 is 29.5. The molecule has 0 saturated heterocycles. The van der Waals surface area contributed by atoms with Gasteiger partial charge in [0.2, 0.25) is 0 Å². The van der Waals surface area contributed by atoms with Crippen molar-refractivity contribution in [2.75, 3.05) is 0 Å². The van der Waals surface area contributed by atoms with Crippen LogP contribution in [0.4, 0.5) is 0 Å². The van der Waals surface area contributed by atoms with E-state index in [4.69, 9.17) is 4.42 Å². The van der Waals surface area contributed by atoms with Gasteiger partial charge in [-0.2, -0.15) is 0 Å². The molecule has 0 saturated carbocycles. The molecule has 0 aliphatic rings. The minimum atomic E-state index is -3.46. The van der Waals surface area contributed by atoms with Gasteiger partial charge in [-0.3, -0.25) is 4.79 Å². The molecular formula is C14H14O4S. The maximum Gasteiger partial charge on any atom is 0.185 e. The highest BCUT2D eigenvalue weighted by atomic mass is 32.2. The number of aryl methyl sites for hydroxylation is 2. The molecule has 0 radical (unpaired) electrons. The first kappa shape index (κ1) is 13.5. The van der Waals surface area contributed by atoms with Crippen LogP contribution in [0, 0.1) is 13.8 Å². The van der Waals surface area contributed by atoms with Crippen LogP contribution in [-0.2, 0) is 15.6 Å². The molecule has 5 heteroatoms. The zero-order valence-electron chi connectivity index (χ0n) is 10.7. The van der Waals surface area contributed by atoms with Crippen LogP contribution in [0.3, 0.4) is 0 Å². The van der Waals surface area contributed by atoms with Crippen molar-refractivity contribution in [1.82, 2.24) is 0 Å². The standard InChI is InChI=1S/C14H14O4S/c1-10-3-6-14(7-11(10)2)19(16,17)9-13-5-4-12(8-15)18-13/h3-8H,9H2,1-2H3. The number of carbonyl (C=O) groups is 1. The second kappa shape index (κ2) is 5.01. The van der Waals surface area contributed by atoms with Crippen molar-refractivity contribution < 1.29 is 17.6 Å². The van der Waals surface area contributed by atoms with Crippen LogP contribution in [0.15, 0.2) is 39.6 Å². The van der Waals surface area contributed by atoms with E-state index < -0.39 is 9.84 Å². The van der Waals surface area contributed by atoms with Crippen molar-refractivity contribution in [3.8, 4) is 0 Å². The van der Waals surface area contributed by atoms with E-state index in [2.05, 4.69) is 0 Å². The third-order valence-electron chi connectivity index (χ3n) is 2.97. The summed E-state index contributed by atoms with van der Waals surface area (Å²) in [7, 11) is -3.46. The summed E-state index contributed by atoms with van der Waals surface area (Å²) in [4.78, 5) is 10.8. The fourth-order valence-electron chi connectivity index (χ4n) is 1.71. The van der Waals surface area contributed by atoms with Crippen LogP contribution in [0.2, 0.25) is 0 Å². The minimum absolute atomic E-state index is 0.130. The Balaban J connectivity index is 2.31. The fourth-order valence-corrected chi connectivity index (χ4v) is 3.04. The first-order valence-corrected chi connectivity index (χ1v) is 7.41. The molecule has 0 amide bonds. The highest BCUT2D eigenvalue weighted by Gasteiger charge is 2.18. The van der Waals surface area contributed by atoms with Crippen LogP contribution >= 0.6 is 0 Å². The summed E-state index contributed by atoms with van der Waals surface area (Å²) in [6, 6.07) is 7.97. The Morgan fingerprint density at radius 3 is 2.42 bits per heavy atom. The van der Waals surface area contributed by atoms with Crippen LogP contribution in [0.25, 0.3) is 0 Å². The largest absolute Gasteiger partial charge is 0.457 e. The number of furan rings is 1. The van der Waals surface area contributed by atoms with Gasteiger partial charge in [0.25, 0.3) is 0 Å². The molecule has 100 valence electrons. The van der Waals surface area contributed by atoms with Crippen molar-refractivity contribution in [2.24, 2.45) is 0 Å². The molecule has 4 nitrogen and oxygen atoms in total. The molecule has 0 aliphatic heterocycles. The number of sulfone groups is 1. The van der Waals surface area contributed by atoms with Crippen molar-refractivity contribution in [2.45, 2.75) is 24.5 Å². The van der Waals surface area contributed by atoms with E-state index in [9.17, 15) is 13.2 Å². The lowest BCUT2D eigenvalue weighted by molar-refractivity contribution is 0.109. The lowest BCUT2D eigenvalue weighted by atomic mass is 10.1. The van der Waals surface area contributed by atoms with Crippen LogP contribution in [-0.4, -0.2) is 14.7 Å². The monoisotopic (exact) mass is 278 g/mol. The van der Waals surface area contributed by atoms with Crippen LogP contribution in [0.1, 0.15) is 27.4 Å². The van der Waals surface area contributed by atoms with Gasteiger partial charge in [-0.15, -0.1) is 0 Å². The predicted octanol–water partition coefficient (Wildman–Crippen LogP) is 2.68. The topological polar surface area (TPSA) is 64.3 Å². The first-order valence-electron chi connectivity index (χ1n) is 5.76. The molecule has 1 aromatic carbocycles. The lowest BCUT2D eigenvalue weighted by Crippen LogP contribution is -2.05. The highest BCUT2D eigenvalue weighted by molar-refractivity contribution is 7.90. The third kappa shape index (κ3) is 2.93. The molecule has 0 N–H and O–H groups in total. The molecule has 0 spiro atoms. The molecular weight excluding hydrogens is 264 g/mol. The van der Waals surface area contributed by atoms with Gasteiger partial charge < -0.3 is 4.42 Å². The summed E-state index contributed by atoms with van der Waals surface area (Å²) in [5.41, 5.74) is 1.97. The quantitative estimate of drug-likeness (QED) is 0.806. The zero-order valence-corrected chi connectivity index (χ0v) is 11.5. The molecule has 1 aromatic heterocycles. The third-order valence-corrected chi connectivity index (χ3v) is 4.61. The molecule has 2 rings (SSSR count). The van der Waals surface area contributed by atoms with Gasteiger partial charge >= 0.3 is 0 Å². The van der Waals surface area contributed by atoms with Crippen molar-refractivity contribution >= 4 is 16.1 Å². The van der Waals surface area contributed by atoms with Crippen molar-refractivity contribution in [1.29, 1.82) is 0 Å². The Hall–Kier alpha value is -1.88. The first-order chi connectivity index (χ1) is 8.92. The Kier molecular flexibility index (Phi) is 3.57. The number of hydrogen-bond donors (Lipinski definition) is 0. The molecule has 2 aromatic rings. The highest BCUT2D eigenvalue weighted by Crippen LogP contribution is 2.20. The predicted molar refractivity (Wildman–Crippen MR) is 70.9 cm³/mol. The molecule has 0 bridgehead atoms. The lowest BCUT2D eigenvalue weighted by Gasteiger charge is -2.05. The van der Waals surface area contributed by atoms with E-state index in [1.807, 2.05) is 13.8 Å². The summed E-state index contributed by atoms with van der Waals surface area (Å²) >= 11 is 0. The number of aldehydes is 1. The molecule has 0 atom stereocenters. The summed E-state index contributed by atoms with van der Waals surface area (Å²) in [6.07, 6.45) is 0.548. The van der Waals surface area contributed by atoms with Gasteiger partial charge in [0.05, 0.1) is 4.90 Å². The van der Waals surface area contributed by atoms with Gasteiger partial charge in [0.1, 0.15) is 11.5 Å². The van der Waals surface area contributed by atoms with E-state index in [0.717, 1.165) is 11.1 Å². The average molecular weight is 278 g/mol. The number of rotatable bonds is 4. The van der Waals surface area contributed by atoms with Gasteiger partial charge in [0.15, 0.2) is 21.9 Å². The smallest absolute Gasteiger partial charge is 0.185 e. The molecule has 19 heavy (non-hydrogen) atoms. The SMILES string of the molecule is Cc1ccc(S(=O)(=O)Cc2ccc(C=O)o2)cc1C. The Bertz CT molecular complexity index is 711. The minimum Gasteiger partial charge on any atom is -0.457 e. The second-order valence-corrected chi connectivity index (χ2v) is 6.42. The molecule has 0 unspecified atom stereocenters. The van der Waals surface area contributed by atoms with E-state index in [1.54, 1.807) is 18.2 Å². The molecule has 0 aliphatic carbocycles. The van der Waals surface area contributed by atoms with Gasteiger partial charge in [-0.25, -0.2) is 8.42 Å². The van der Waals surface area contributed by atoms with E-state index in [0.29, 0.717) is 6.29 Å². The van der Waals surface area contributed by atoms with E-state index >= 15 is 0 Å². The maximum atomic E-state index is 12.2. The molecule has 1 heterocycles. The number of hydrogen-bond acceptors (Lipinski definition) is 4. The van der Waals surface area contributed by atoms with Gasteiger partial charge in [-0.1, -0.05) is 6.07 Å². The fraction of sp³-hybridized carbons (Fsp3) is 0.214. The Labute approximate surface area is 112 Å².